The summed E-state index contributed by atoms with van der Waals surface area (Å²) in [6.07, 6.45) is 2.30. The molecule has 1 heterocycles. The first-order chi connectivity index (χ1) is 19.0. The van der Waals surface area contributed by atoms with Crippen LogP contribution in [0.25, 0.3) is 16.9 Å². The van der Waals surface area contributed by atoms with E-state index in [-0.39, 0.29) is 21.2 Å². The van der Waals surface area contributed by atoms with Crippen molar-refractivity contribution in [2.24, 2.45) is 5.73 Å². The lowest BCUT2D eigenvalue weighted by Gasteiger charge is -2.20. The molecule has 3 aromatic carbocycles. The number of hydrogen-bond donors (Lipinski definition) is 2. The number of methoxy groups -OCH3 is 2. The van der Waals surface area contributed by atoms with Gasteiger partial charge in [0, 0.05) is 29.1 Å². The van der Waals surface area contributed by atoms with Crippen molar-refractivity contribution in [2.75, 3.05) is 25.8 Å². The maximum Gasteiger partial charge on any atom is 0.269 e. The normalized spacial score (nSPS) is 12.3. The SMILES string of the molecule is COc1cc(Cl)c(C(=O)Nc2ccc3c(c2)-c2c(c(C(N)=O)nn2-c2ccc(S(C)(=O)=O)cc2)CC3)cc1OC. The second kappa shape index (κ2) is 10.3. The Morgan fingerprint density at radius 3 is 2.30 bits per heavy atom. The van der Waals surface area contributed by atoms with Crippen LogP contribution in [-0.4, -0.2) is 50.5 Å². The monoisotopic (exact) mass is 580 g/mol. The molecule has 0 saturated heterocycles. The van der Waals surface area contributed by atoms with Gasteiger partial charge in [-0.05, 0) is 60.9 Å². The smallest absolute Gasteiger partial charge is 0.269 e. The van der Waals surface area contributed by atoms with Gasteiger partial charge in [-0.3, -0.25) is 9.59 Å². The van der Waals surface area contributed by atoms with Gasteiger partial charge < -0.3 is 20.5 Å². The fraction of sp³-hybridized carbons (Fsp3) is 0.179. The highest BCUT2D eigenvalue weighted by Crippen LogP contribution is 2.39. The molecule has 10 nitrogen and oxygen atoms in total. The third kappa shape index (κ3) is 4.89. The fourth-order valence-corrected chi connectivity index (χ4v) is 5.63. The highest BCUT2D eigenvalue weighted by Gasteiger charge is 2.29. The molecule has 0 unspecified atom stereocenters. The summed E-state index contributed by atoms with van der Waals surface area (Å²) in [7, 11) is -0.455. The first kappa shape index (κ1) is 27.2. The molecular weight excluding hydrogens is 556 g/mol. The van der Waals surface area contributed by atoms with E-state index in [9.17, 15) is 18.0 Å². The number of nitrogens with zero attached hydrogens (tertiary/aromatic N) is 2. The van der Waals surface area contributed by atoms with Gasteiger partial charge >= 0.3 is 0 Å². The number of carbonyl (C=O) groups excluding carboxylic acids is 2. The average Bonchev–Trinajstić information content (AvgIpc) is 3.33. The number of sulfone groups is 1. The molecule has 206 valence electrons. The Bertz CT molecular complexity index is 1780. The number of nitrogens with two attached hydrogens (primary N) is 1. The van der Waals surface area contributed by atoms with Gasteiger partial charge in [0.05, 0.1) is 41.1 Å². The van der Waals surface area contributed by atoms with E-state index in [1.165, 1.54) is 38.5 Å². The molecule has 0 aliphatic heterocycles. The minimum Gasteiger partial charge on any atom is -0.493 e. The molecule has 5 rings (SSSR count). The summed E-state index contributed by atoms with van der Waals surface area (Å²) in [5.41, 5.74) is 10.1. The number of benzene rings is 3. The predicted octanol–water partition coefficient (Wildman–Crippen LogP) is 4.06. The van der Waals surface area contributed by atoms with E-state index < -0.39 is 21.7 Å². The molecule has 0 radical (unpaired) electrons. The molecule has 0 spiro atoms. The van der Waals surface area contributed by atoms with Crippen molar-refractivity contribution in [3.8, 4) is 28.4 Å². The van der Waals surface area contributed by atoms with Crippen LogP contribution in [0.4, 0.5) is 5.69 Å². The lowest BCUT2D eigenvalue weighted by Crippen LogP contribution is -2.16. The molecular formula is C28H25ClN4O6S. The van der Waals surface area contributed by atoms with Crippen LogP contribution < -0.4 is 20.5 Å². The van der Waals surface area contributed by atoms with Crippen LogP contribution in [0.2, 0.25) is 5.02 Å². The molecule has 4 aromatic rings. The molecule has 0 atom stereocenters. The van der Waals surface area contributed by atoms with Crippen molar-refractivity contribution >= 4 is 38.9 Å². The lowest BCUT2D eigenvalue weighted by atomic mass is 9.88. The topological polar surface area (TPSA) is 143 Å². The summed E-state index contributed by atoms with van der Waals surface area (Å²) in [6.45, 7) is 0. The maximum atomic E-state index is 13.2. The van der Waals surface area contributed by atoms with Gasteiger partial charge in [0.15, 0.2) is 27.0 Å². The number of aryl methyl sites for hydroxylation is 1. The van der Waals surface area contributed by atoms with E-state index in [0.29, 0.717) is 47.0 Å². The third-order valence-electron chi connectivity index (χ3n) is 6.71. The summed E-state index contributed by atoms with van der Waals surface area (Å²) in [5.74, 6) is -0.367. The van der Waals surface area contributed by atoms with Crippen LogP contribution in [0.1, 0.15) is 32.0 Å². The van der Waals surface area contributed by atoms with Gasteiger partial charge in [-0.1, -0.05) is 17.7 Å². The van der Waals surface area contributed by atoms with Crippen molar-refractivity contribution in [1.82, 2.24) is 9.78 Å². The van der Waals surface area contributed by atoms with Gasteiger partial charge in [0.2, 0.25) is 0 Å². The highest BCUT2D eigenvalue weighted by atomic mass is 35.5. The minimum absolute atomic E-state index is 0.138. The van der Waals surface area contributed by atoms with Crippen LogP contribution in [-0.2, 0) is 22.7 Å². The third-order valence-corrected chi connectivity index (χ3v) is 8.15. The molecule has 1 aromatic heterocycles. The number of rotatable bonds is 7. The summed E-state index contributed by atoms with van der Waals surface area (Å²) in [4.78, 5) is 25.6. The van der Waals surface area contributed by atoms with E-state index in [1.807, 2.05) is 6.07 Å². The number of aromatic nitrogens is 2. The summed E-state index contributed by atoms with van der Waals surface area (Å²) >= 11 is 6.35. The molecule has 0 saturated carbocycles. The fourth-order valence-electron chi connectivity index (χ4n) is 4.76. The van der Waals surface area contributed by atoms with Crippen LogP contribution in [0.5, 0.6) is 11.5 Å². The zero-order chi connectivity index (χ0) is 28.8. The zero-order valence-electron chi connectivity index (χ0n) is 21.8. The Hall–Kier alpha value is -4.35. The number of amides is 2. The van der Waals surface area contributed by atoms with E-state index in [0.717, 1.165) is 17.4 Å². The van der Waals surface area contributed by atoms with Crippen LogP contribution >= 0.6 is 11.6 Å². The second-order valence-corrected chi connectivity index (χ2v) is 11.7. The van der Waals surface area contributed by atoms with Crippen molar-refractivity contribution in [2.45, 2.75) is 17.7 Å². The largest absolute Gasteiger partial charge is 0.493 e. The molecule has 0 bridgehead atoms. The number of fused-ring (bicyclic) bond motifs is 3. The summed E-state index contributed by atoms with van der Waals surface area (Å²) in [5, 5.41) is 7.57. The van der Waals surface area contributed by atoms with Crippen LogP contribution in [0, 0.1) is 0 Å². The average molecular weight is 581 g/mol. The van der Waals surface area contributed by atoms with Gasteiger partial charge in [0.25, 0.3) is 11.8 Å². The number of ether oxygens (including phenoxy) is 2. The van der Waals surface area contributed by atoms with Gasteiger partial charge in [-0.15, -0.1) is 0 Å². The standard InChI is InChI=1S/C28H25ClN4O6S/c1-38-23-13-21(22(29)14-24(23)39-2)28(35)31-16-6-4-15-5-11-19-25(27(30)34)32-33(26(19)20(15)12-16)17-7-9-18(10-8-17)40(3,36)37/h4,6-10,12-14H,5,11H2,1-3H3,(H2,30,34)(H,31,35). The Labute approximate surface area is 235 Å². The first-order valence-corrected chi connectivity index (χ1v) is 14.4. The molecule has 3 N–H and O–H groups in total. The van der Waals surface area contributed by atoms with E-state index >= 15 is 0 Å². The lowest BCUT2D eigenvalue weighted by molar-refractivity contribution is 0.0992. The number of halogens is 1. The predicted molar refractivity (Wildman–Crippen MR) is 151 cm³/mol. The number of anilines is 1. The van der Waals surface area contributed by atoms with Crippen molar-refractivity contribution in [1.29, 1.82) is 0 Å². The molecule has 2 amide bonds. The number of carbonyl (C=O) groups is 2. The molecule has 1 aliphatic rings. The van der Waals surface area contributed by atoms with Crippen LogP contribution in [0.15, 0.2) is 59.5 Å². The Morgan fingerprint density at radius 1 is 1.00 bits per heavy atom. The van der Waals surface area contributed by atoms with E-state index in [2.05, 4.69) is 10.4 Å². The van der Waals surface area contributed by atoms with Crippen molar-refractivity contribution in [3.63, 3.8) is 0 Å². The van der Waals surface area contributed by atoms with E-state index in [4.69, 9.17) is 26.8 Å². The Kier molecular flexibility index (Phi) is 7.03. The number of nitrogens with one attached hydrogen (secondary N) is 1. The summed E-state index contributed by atoms with van der Waals surface area (Å²) < 4.78 is 36.0. The quantitative estimate of drug-likeness (QED) is 0.335. The number of primary amides is 1. The highest BCUT2D eigenvalue weighted by molar-refractivity contribution is 7.90. The second-order valence-electron chi connectivity index (χ2n) is 9.23. The maximum absolute atomic E-state index is 13.2. The minimum atomic E-state index is -3.40. The first-order valence-electron chi connectivity index (χ1n) is 12.1. The Balaban J connectivity index is 1.57. The van der Waals surface area contributed by atoms with Gasteiger partial charge in [-0.2, -0.15) is 5.10 Å². The van der Waals surface area contributed by atoms with Gasteiger partial charge in [0.1, 0.15) is 0 Å². The number of hydrogen-bond acceptors (Lipinski definition) is 7. The Morgan fingerprint density at radius 2 is 1.68 bits per heavy atom. The molecule has 0 fully saturated rings. The van der Waals surface area contributed by atoms with Crippen LogP contribution in [0.3, 0.4) is 0 Å². The molecule has 40 heavy (non-hydrogen) atoms. The van der Waals surface area contributed by atoms with Crippen molar-refractivity contribution in [3.05, 3.63) is 82.0 Å². The van der Waals surface area contributed by atoms with Gasteiger partial charge in [-0.25, -0.2) is 13.1 Å². The van der Waals surface area contributed by atoms with E-state index in [1.54, 1.807) is 28.9 Å². The van der Waals surface area contributed by atoms with Crippen molar-refractivity contribution < 1.29 is 27.5 Å². The molecule has 12 heteroatoms. The molecule has 1 aliphatic carbocycles. The summed E-state index contributed by atoms with van der Waals surface area (Å²) in [6, 6.07) is 14.7. The zero-order valence-corrected chi connectivity index (χ0v) is 23.4.